The first-order valence-electron chi connectivity index (χ1n) is 7.98. The van der Waals surface area contributed by atoms with Gasteiger partial charge in [0.05, 0.1) is 26.9 Å². The van der Waals surface area contributed by atoms with Crippen LogP contribution in [0.4, 0.5) is 4.39 Å². The van der Waals surface area contributed by atoms with Gasteiger partial charge in [-0.25, -0.2) is 14.4 Å². The SMILES string of the molecule is COc1cc(C(=O)c2ccc(-c3cncnc3)cc2F)cc(OC)c1OC. The van der Waals surface area contributed by atoms with Gasteiger partial charge in [-0.1, -0.05) is 6.07 Å². The van der Waals surface area contributed by atoms with Gasteiger partial charge in [0.2, 0.25) is 5.75 Å². The van der Waals surface area contributed by atoms with Crippen LogP contribution in [0.3, 0.4) is 0 Å². The lowest BCUT2D eigenvalue weighted by atomic mass is 9.99. The second kappa shape index (κ2) is 7.82. The molecule has 2 aromatic carbocycles. The highest BCUT2D eigenvalue weighted by atomic mass is 19.1. The molecule has 0 saturated carbocycles. The van der Waals surface area contributed by atoms with E-state index in [1.165, 1.54) is 51.9 Å². The number of methoxy groups -OCH3 is 3. The minimum Gasteiger partial charge on any atom is -0.493 e. The number of carbonyl (C=O) groups is 1. The zero-order valence-electron chi connectivity index (χ0n) is 15.0. The summed E-state index contributed by atoms with van der Waals surface area (Å²) in [4.78, 5) is 20.7. The number of carbonyl (C=O) groups excluding carboxylic acids is 1. The molecule has 0 saturated heterocycles. The lowest BCUT2D eigenvalue weighted by molar-refractivity contribution is 0.103. The first kappa shape index (κ1) is 18.3. The molecule has 3 rings (SSSR count). The summed E-state index contributed by atoms with van der Waals surface area (Å²) in [6.07, 6.45) is 4.53. The fourth-order valence-electron chi connectivity index (χ4n) is 2.69. The van der Waals surface area contributed by atoms with Crippen LogP contribution in [0.2, 0.25) is 0 Å². The first-order valence-corrected chi connectivity index (χ1v) is 7.98. The molecule has 0 fully saturated rings. The summed E-state index contributed by atoms with van der Waals surface area (Å²) < 4.78 is 30.4. The van der Waals surface area contributed by atoms with E-state index in [1.54, 1.807) is 18.5 Å². The van der Waals surface area contributed by atoms with Gasteiger partial charge in [0.25, 0.3) is 0 Å². The molecule has 0 aliphatic heterocycles. The number of hydrogen-bond donors (Lipinski definition) is 0. The molecule has 138 valence electrons. The van der Waals surface area contributed by atoms with Crippen molar-refractivity contribution in [2.45, 2.75) is 0 Å². The largest absolute Gasteiger partial charge is 0.493 e. The van der Waals surface area contributed by atoms with Crippen LogP contribution >= 0.6 is 0 Å². The van der Waals surface area contributed by atoms with Gasteiger partial charge in [0.1, 0.15) is 12.1 Å². The summed E-state index contributed by atoms with van der Waals surface area (Å²) in [5.41, 5.74) is 1.39. The van der Waals surface area contributed by atoms with Gasteiger partial charge in [-0.3, -0.25) is 4.79 Å². The zero-order valence-corrected chi connectivity index (χ0v) is 15.0. The van der Waals surface area contributed by atoms with Crippen LogP contribution in [0.5, 0.6) is 17.2 Å². The Hall–Kier alpha value is -3.48. The van der Waals surface area contributed by atoms with Crippen molar-refractivity contribution in [3.8, 4) is 28.4 Å². The number of aromatic nitrogens is 2. The molecule has 0 atom stereocenters. The van der Waals surface area contributed by atoms with Crippen LogP contribution < -0.4 is 14.2 Å². The van der Waals surface area contributed by atoms with Gasteiger partial charge >= 0.3 is 0 Å². The molecule has 3 aromatic rings. The molecular formula is C20H17FN2O4. The summed E-state index contributed by atoms with van der Waals surface area (Å²) in [5, 5.41) is 0. The first-order chi connectivity index (χ1) is 13.1. The van der Waals surface area contributed by atoms with E-state index in [9.17, 15) is 9.18 Å². The molecule has 1 aromatic heterocycles. The average Bonchev–Trinajstić information content (AvgIpc) is 2.72. The molecule has 0 amide bonds. The monoisotopic (exact) mass is 368 g/mol. The third-order valence-corrected chi connectivity index (χ3v) is 4.03. The molecule has 27 heavy (non-hydrogen) atoms. The number of nitrogens with zero attached hydrogens (tertiary/aromatic N) is 2. The Kier molecular flexibility index (Phi) is 5.30. The minimum atomic E-state index is -0.643. The predicted molar refractivity (Wildman–Crippen MR) is 97.0 cm³/mol. The molecule has 0 aliphatic rings. The van der Waals surface area contributed by atoms with Gasteiger partial charge in [0, 0.05) is 23.5 Å². The summed E-state index contributed by atoms with van der Waals surface area (Å²) in [5.74, 6) is -0.147. The highest BCUT2D eigenvalue weighted by molar-refractivity contribution is 6.10. The van der Waals surface area contributed by atoms with Crippen LogP contribution in [0.15, 0.2) is 49.1 Å². The van der Waals surface area contributed by atoms with Crippen LogP contribution in [-0.2, 0) is 0 Å². The van der Waals surface area contributed by atoms with Crippen LogP contribution in [0.1, 0.15) is 15.9 Å². The molecule has 0 bridgehead atoms. The third-order valence-electron chi connectivity index (χ3n) is 4.03. The number of benzene rings is 2. The van der Waals surface area contributed by atoms with Gasteiger partial charge in [-0.05, 0) is 29.8 Å². The van der Waals surface area contributed by atoms with E-state index in [0.29, 0.717) is 28.4 Å². The molecule has 0 spiro atoms. The van der Waals surface area contributed by atoms with E-state index in [-0.39, 0.29) is 11.1 Å². The summed E-state index contributed by atoms with van der Waals surface area (Å²) in [6, 6.07) is 7.34. The second-order valence-corrected chi connectivity index (χ2v) is 5.56. The van der Waals surface area contributed by atoms with Crippen molar-refractivity contribution in [1.82, 2.24) is 9.97 Å². The maximum Gasteiger partial charge on any atom is 0.203 e. The normalized spacial score (nSPS) is 10.4. The predicted octanol–water partition coefficient (Wildman–Crippen LogP) is 3.54. The van der Waals surface area contributed by atoms with E-state index < -0.39 is 11.6 Å². The van der Waals surface area contributed by atoms with Crippen molar-refractivity contribution < 1.29 is 23.4 Å². The van der Waals surface area contributed by atoms with Crippen molar-refractivity contribution in [2.24, 2.45) is 0 Å². The molecule has 0 radical (unpaired) electrons. The Labute approximate surface area is 155 Å². The zero-order chi connectivity index (χ0) is 19.4. The number of hydrogen-bond acceptors (Lipinski definition) is 6. The van der Waals surface area contributed by atoms with Crippen LogP contribution in [0, 0.1) is 5.82 Å². The quantitative estimate of drug-likeness (QED) is 0.620. The lowest BCUT2D eigenvalue weighted by Crippen LogP contribution is -2.06. The summed E-state index contributed by atoms with van der Waals surface area (Å²) in [6.45, 7) is 0. The average molecular weight is 368 g/mol. The Balaban J connectivity index is 2.01. The van der Waals surface area contributed by atoms with Gasteiger partial charge < -0.3 is 14.2 Å². The van der Waals surface area contributed by atoms with E-state index >= 15 is 0 Å². The highest BCUT2D eigenvalue weighted by Gasteiger charge is 2.20. The molecule has 0 unspecified atom stereocenters. The Morgan fingerprint density at radius 1 is 0.889 bits per heavy atom. The maximum absolute atomic E-state index is 14.6. The van der Waals surface area contributed by atoms with Crippen LogP contribution in [-0.4, -0.2) is 37.1 Å². The van der Waals surface area contributed by atoms with E-state index in [0.717, 1.165) is 0 Å². The molecule has 1 heterocycles. The Morgan fingerprint density at radius 2 is 1.52 bits per heavy atom. The fourth-order valence-corrected chi connectivity index (χ4v) is 2.69. The third kappa shape index (κ3) is 3.57. The maximum atomic E-state index is 14.6. The molecule has 6 nitrogen and oxygen atoms in total. The van der Waals surface area contributed by atoms with E-state index in [1.807, 2.05) is 0 Å². The summed E-state index contributed by atoms with van der Waals surface area (Å²) in [7, 11) is 4.36. The topological polar surface area (TPSA) is 70.5 Å². The standard InChI is InChI=1S/C20H17FN2O4/c1-25-17-7-13(8-18(26-2)20(17)27-3)19(24)15-5-4-12(6-16(15)21)14-9-22-11-23-10-14/h4-11H,1-3H3. The van der Waals surface area contributed by atoms with E-state index in [4.69, 9.17) is 14.2 Å². The second-order valence-electron chi connectivity index (χ2n) is 5.56. The Morgan fingerprint density at radius 3 is 2.04 bits per heavy atom. The van der Waals surface area contributed by atoms with Crippen molar-refractivity contribution in [3.63, 3.8) is 0 Å². The van der Waals surface area contributed by atoms with E-state index in [2.05, 4.69) is 9.97 Å². The number of rotatable bonds is 6. The minimum absolute atomic E-state index is 0.0649. The Bertz CT molecular complexity index is 952. The molecular weight excluding hydrogens is 351 g/mol. The smallest absolute Gasteiger partial charge is 0.203 e. The summed E-state index contributed by atoms with van der Waals surface area (Å²) >= 11 is 0. The van der Waals surface area contributed by atoms with Gasteiger partial charge in [-0.2, -0.15) is 0 Å². The number of halogens is 1. The van der Waals surface area contributed by atoms with Crippen molar-refractivity contribution >= 4 is 5.78 Å². The van der Waals surface area contributed by atoms with Crippen LogP contribution in [0.25, 0.3) is 11.1 Å². The fraction of sp³-hybridized carbons (Fsp3) is 0.150. The highest BCUT2D eigenvalue weighted by Crippen LogP contribution is 2.38. The van der Waals surface area contributed by atoms with Crippen molar-refractivity contribution in [1.29, 1.82) is 0 Å². The van der Waals surface area contributed by atoms with Gasteiger partial charge in [-0.15, -0.1) is 0 Å². The van der Waals surface area contributed by atoms with Crippen molar-refractivity contribution in [2.75, 3.05) is 21.3 Å². The lowest BCUT2D eigenvalue weighted by Gasteiger charge is -2.14. The molecule has 0 N–H and O–H groups in total. The van der Waals surface area contributed by atoms with Crippen molar-refractivity contribution in [3.05, 3.63) is 66.0 Å². The number of ether oxygens (including phenoxy) is 3. The van der Waals surface area contributed by atoms with Gasteiger partial charge in [0.15, 0.2) is 17.3 Å². The molecule has 7 heteroatoms. The number of ketones is 1. The molecule has 0 aliphatic carbocycles.